The molecule has 0 aromatic heterocycles. The van der Waals surface area contributed by atoms with Gasteiger partial charge in [0.1, 0.15) is 0 Å². The van der Waals surface area contributed by atoms with E-state index in [1.807, 2.05) is 0 Å². The molecule has 0 rings (SSSR count). The van der Waals surface area contributed by atoms with Gasteiger partial charge in [-0.05, 0) is 0 Å². The molecular weight excluding hydrogens is 135 g/mol. The zero-order valence-corrected chi connectivity index (χ0v) is 4.42. The molecule has 3 N–H and O–H groups in total. The van der Waals surface area contributed by atoms with E-state index in [-0.39, 0.29) is 0 Å². The Morgan fingerprint density at radius 1 is 2.00 bits per heavy atom. The van der Waals surface area contributed by atoms with Crippen LogP contribution in [0.2, 0.25) is 0 Å². The van der Waals surface area contributed by atoms with Gasteiger partial charge in [-0.3, -0.25) is 0 Å². The predicted molar refractivity (Wildman–Crippen MR) is 27.6 cm³/mol. The summed E-state index contributed by atoms with van der Waals surface area (Å²) in [6.07, 6.45) is 0. The van der Waals surface area contributed by atoms with Crippen molar-refractivity contribution in [3.63, 3.8) is 0 Å². The summed E-state index contributed by atoms with van der Waals surface area (Å²) < 4.78 is 2.74. The molecule has 0 radical (unpaired) electrons. The van der Waals surface area contributed by atoms with Crippen molar-refractivity contribution in [3.8, 4) is 0 Å². The first-order chi connectivity index (χ1) is 3.66. The molecule has 0 saturated heterocycles. The molecule has 0 bridgehead atoms. The van der Waals surface area contributed by atoms with Crippen LogP contribution in [0.4, 0.5) is 0 Å². The number of guanidine groups is 1. The highest BCUT2D eigenvalue weighted by Crippen LogP contribution is 1.70. The van der Waals surface area contributed by atoms with E-state index in [1.54, 1.807) is 0 Å². The molecule has 6 nitrogen and oxygen atoms in total. The lowest BCUT2D eigenvalue weighted by molar-refractivity contribution is -0.525. The number of hydrogen-bond acceptors (Lipinski definition) is 3. The smallest absolute Gasteiger partial charge is 0.268 e. The van der Waals surface area contributed by atoms with E-state index in [4.69, 9.17) is 17.5 Å². The fraction of sp³-hybridized carbons (Fsp3) is 0. The molecular formula is CH3ClN4O2. The Kier molecular flexibility index (Phi) is 2.63. The van der Waals surface area contributed by atoms with Crippen molar-refractivity contribution in [2.75, 3.05) is 0 Å². The second-order valence-corrected chi connectivity index (χ2v) is 1.01. The summed E-state index contributed by atoms with van der Waals surface area (Å²) in [6, 6.07) is 0. The number of hydrogen-bond donors (Lipinski definition) is 2. The Morgan fingerprint density at radius 3 is 2.62 bits per heavy atom. The van der Waals surface area contributed by atoms with Gasteiger partial charge in [-0.1, -0.05) is 5.43 Å². The van der Waals surface area contributed by atoms with Crippen LogP contribution in [0.1, 0.15) is 0 Å². The first-order valence-electron chi connectivity index (χ1n) is 1.52. The van der Waals surface area contributed by atoms with E-state index >= 15 is 0 Å². The highest BCUT2D eigenvalue weighted by atomic mass is 35.5. The van der Waals surface area contributed by atoms with Gasteiger partial charge in [-0.2, -0.15) is 0 Å². The van der Waals surface area contributed by atoms with Gasteiger partial charge in [-0.25, -0.2) is 10.1 Å². The number of halogens is 1. The Bertz CT molecular complexity index is 121. The quantitative estimate of drug-likeness (QED) is 0.215. The molecule has 0 aliphatic rings. The lowest BCUT2D eigenvalue weighted by Crippen LogP contribution is -2.35. The Labute approximate surface area is 49.6 Å². The summed E-state index contributed by atoms with van der Waals surface area (Å²) >= 11 is 4.69. The second kappa shape index (κ2) is 3.03. The number of nitrogens with one attached hydrogen (secondary N) is 1. The van der Waals surface area contributed by atoms with Crippen molar-refractivity contribution in [1.29, 1.82) is 0 Å². The SMILES string of the molecule is NC(=NCl)N[N+](=O)[O-]. The minimum absolute atomic E-state index is 0.434. The molecule has 0 aromatic rings. The number of hydrazine groups is 1. The average molecular weight is 139 g/mol. The first kappa shape index (κ1) is 6.96. The molecule has 7 heteroatoms. The maximum absolute atomic E-state index is 9.44. The molecule has 0 heterocycles. The van der Waals surface area contributed by atoms with Gasteiger partial charge in [0, 0.05) is 11.8 Å². The van der Waals surface area contributed by atoms with Crippen molar-refractivity contribution in [2.45, 2.75) is 0 Å². The zero-order chi connectivity index (χ0) is 6.57. The van der Waals surface area contributed by atoms with Gasteiger partial charge in [0.25, 0.3) is 5.96 Å². The molecule has 0 amide bonds. The van der Waals surface area contributed by atoms with Gasteiger partial charge in [0.2, 0.25) is 0 Å². The van der Waals surface area contributed by atoms with E-state index in [9.17, 15) is 10.1 Å². The third-order valence-corrected chi connectivity index (χ3v) is 0.479. The van der Waals surface area contributed by atoms with E-state index in [2.05, 4.69) is 4.51 Å². The maximum atomic E-state index is 9.44. The monoisotopic (exact) mass is 138 g/mol. The van der Waals surface area contributed by atoms with E-state index < -0.39 is 11.0 Å². The largest absolute Gasteiger partial charge is 0.364 e. The maximum Gasteiger partial charge on any atom is 0.268 e. The Morgan fingerprint density at radius 2 is 2.50 bits per heavy atom. The van der Waals surface area contributed by atoms with Gasteiger partial charge in [-0.15, -0.1) is 4.51 Å². The minimum atomic E-state index is -0.860. The van der Waals surface area contributed by atoms with Gasteiger partial charge in [0.05, 0.1) is 0 Å². The number of nitro groups is 1. The van der Waals surface area contributed by atoms with E-state index in [1.165, 1.54) is 5.43 Å². The zero-order valence-electron chi connectivity index (χ0n) is 3.67. The standard InChI is InChI=1S/CH3ClN4O2/c2-4-1(3)5-6(7)8/h(H3,3,4,5). The third kappa shape index (κ3) is 3.16. The van der Waals surface area contributed by atoms with Gasteiger partial charge >= 0.3 is 0 Å². The topological polar surface area (TPSA) is 93.5 Å². The summed E-state index contributed by atoms with van der Waals surface area (Å²) in [5.41, 5.74) is 6.25. The van der Waals surface area contributed by atoms with Gasteiger partial charge in [0.15, 0.2) is 5.03 Å². The average Bonchev–Trinajstić information content (AvgIpc) is 1.65. The predicted octanol–water partition coefficient (Wildman–Crippen LogP) is -0.764. The minimum Gasteiger partial charge on any atom is -0.364 e. The summed E-state index contributed by atoms with van der Waals surface area (Å²) in [6.45, 7) is 0. The summed E-state index contributed by atoms with van der Waals surface area (Å²) in [5, 5.41) is 8.58. The van der Waals surface area contributed by atoms with Crippen LogP contribution in [0.5, 0.6) is 0 Å². The van der Waals surface area contributed by atoms with Crippen molar-refractivity contribution in [3.05, 3.63) is 10.1 Å². The molecule has 8 heavy (non-hydrogen) atoms. The highest BCUT2D eigenvalue weighted by molar-refractivity contribution is 6.19. The van der Waals surface area contributed by atoms with Crippen LogP contribution in [0, 0.1) is 10.1 Å². The number of nitrogens with zero attached hydrogens (tertiary/aromatic N) is 2. The molecule has 46 valence electrons. The fourth-order valence-corrected chi connectivity index (χ4v) is 0.150. The van der Waals surface area contributed by atoms with Crippen LogP contribution in [0.15, 0.2) is 4.51 Å². The van der Waals surface area contributed by atoms with Crippen molar-refractivity contribution in [1.82, 2.24) is 5.43 Å². The molecule has 0 saturated carbocycles. The van der Waals surface area contributed by atoms with Crippen LogP contribution < -0.4 is 11.2 Å². The summed E-state index contributed by atoms with van der Waals surface area (Å²) in [5.74, 6) is -0.434. The number of rotatable bonds is 1. The lowest BCUT2D eigenvalue weighted by Gasteiger charge is -1.88. The van der Waals surface area contributed by atoms with Crippen molar-refractivity contribution >= 4 is 17.7 Å². The Hall–Kier alpha value is -1.04. The van der Waals surface area contributed by atoms with Crippen LogP contribution in [-0.4, -0.2) is 11.0 Å². The third-order valence-electron chi connectivity index (χ3n) is 0.297. The van der Waals surface area contributed by atoms with E-state index in [0.29, 0.717) is 0 Å². The normalized spacial score (nSPS) is 10.9. The molecule has 0 atom stereocenters. The van der Waals surface area contributed by atoms with Crippen LogP contribution >= 0.6 is 11.8 Å². The van der Waals surface area contributed by atoms with Crippen LogP contribution in [-0.2, 0) is 0 Å². The molecule has 0 spiro atoms. The number of nitrogens with two attached hydrogens (primary N) is 1. The lowest BCUT2D eigenvalue weighted by atomic mass is 11.1. The second-order valence-electron chi connectivity index (χ2n) is 0.839. The van der Waals surface area contributed by atoms with Crippen molar-refractivity contribution in [2.24, 2.45) is 10.2 Å². The highest BCUT2D eigenvalue weighted by Gasteiger charge is 1.94. The van der Waals surface area contributed by atoms with Crippen LogP contribution in [0.3, 0.4) is 0 Å². The summed E-state index contributed by atoms with van der Waals surface area (Å²) in [4.78, 5) is 9.44. The molecule has 0 aliphatic carbocycles. The summed E-state index contributed by atoms with van der Waals surface area (Å²) in [7, 11) is 0. The molecule has 0 fully saturated rings. The molecule has 0 aromatic carbocycles. The van der Waals surface area contributed by atoms with Crippen molar-refractivity contribution < 1.29 is 5.03 Å². The van der Waals surface area contributed by atoms with Crippen LogP contribution in [0.25, 0.3) is 0 Å². The molecule has 0 aliphatic heterocycles. The molecule has 0 unspecified atom stereocenters. The fourth-order valence-electron chi connectivity index (χ4n) is 0.112. The van der Waals surface area contributed by atoms with Gasteiger partial charge < -0.3 is 5.73 Å². The Balaban J connectivity index is 3.56. The first-order valence-corrected chi connectivity index (χ1v) is 1.86. The van der Waals surface area contributed by atoms with E-state index in [0.717, 1.165) is 0 Å².